The van der Waals surface area contributed by atoms with Crippen molar-refractivity contribution in [2.24, 2.45) is 0 Å². The van der Waals surface area contributed by atoms with Crippen molar-refractivity contribution in [3.05, 3.63) is 76.2 Å². The third-order valence-electron chi connectivity index (χ3n) is 5.35. The number of amides is 1. The Morgan fingerprint density at radius 2 is 1.91 bits per heavy atom. The first-order valence-corrected chi connectivity index (χ1v) is 11.8. The van der Waals surface area contributed by atoms with Crippen LogP contribution < -0.4 is 15.6 Å². The van der Waals surface area contributed by atoms with Gasteiger partial charge in [-0.15, -0.1) is 11.8 Å². The summed E-state index contributed by atoms with van der Waals surface area (Å²) >= 11 is 1.59. The van der Waals surface area contributed by atoms with E-state index in [0.717, 1.165) is 10.5 Å². The Hall–Kier alpha value is -3.85. The summed E-state index contributed by atoms with van der Waals surface area (Å²) in [7, 11) is 1.59. The number of benzene rings is 2. The number of rotatable bonds is 7. The van der Waals surface area contributed by atoms with Gasteiger partial charge in [0.25, 0.3) is 11.4 Å². The highest BCUT2D eigenvalue weighted by Gasteiger charge is 2.20. The zero-order valence-corrected chi connectivity index (χ0v) is 20.1. The van der Waals surface area contributed by atoms with Gasteiger partial charge in [0.15, 0.2) is 0 Å². The molecule has 2 aromatic carbocycles. The first-order chi connectivity index (χ1) is 16.4. The summed E-state index contributed by atoms with van der Waals surface area (Å²) in [5.74, 6) is 0.871. The molecule has 0 aliphatic rings. The molecule has 0 aliphatic heterocycles. The third-order valence-corrected chi connectivity index (χ3v) is 6.07. The summed E-state index contributed by atoms with van der Waals surface area (Å²) in [6.45, 7) is 3.45. The fourth-order valence-corrected chi connectivity index (χ4v) is 4.07. The van der Waals surface area contributed by atoms with E-state index < -0.39 is 0 Å². The molecule has 0 radical (unpaired) electrons. The van der Waals surface area contributed by atoms with Crippen LogP contribution in [0.1, 0.15) is 11.3 Å². The number of ether oxygens (including phenoxy) is 1. The molecule has 0 bridgehead atoms. The van der Waals surface area contributed by atoms with Gasteiger partial charge in [0.05, 0.1) is 7.11 Å². The Balaban J connectivity index is 1.62. The number of hydrogen-bond donors (Lipinski definition) is 1. The number of methoxy groups -OCH3 is 1. The zero-order chi connectivity index (χ0) is 24.2. The van der Waals surface area contributed by atoms with Crippen molar-refractivity contribution >= 4 is 23.4 Å². The fraction of sp³-hybridized carbons (Fsp3) is 0.200. The molecule has 2 heterocycles. The molecule has 0 fully saturated rings. The highest BCUT2D eigenvalue weighted by molar-refractivity contribution is 7.98. The third kappa shape index (κ3) is 4.89. The summed E-state index contributed by atoms with van der Waals surface area (Å²) in [6.07, 6.45) is 1.97. The topological polar surface area (TPSA) is 99.3 Å². The average molecular weight is 477 g/mol. The van der Waals surface area contributed by atoms with Crippen molar-refractivity contribution in [3.63, 3.8) is 0 Å². The van der Waals surface area contributed by atoms with E-state index in [-0.39, 0.29) is 29.5 Å². The summed E-state index contributed by atoms with van der Waals surface area (Å²) < 4.78 is 12.0. The Labute approximate surface area is 201 Å². The van der Waals surface area contributed by atoms with Crippen LogP contribution in [0, 0.1) is 13.8 Å². The molecule has 174 valence electrons. The number of nitrogens with zero attached hydrogens (tertiary/aromatic N) is 3. The lowest BCUT2D eigenvalue weighted by molar-refractivity contribution is -0.116. The zero-order valence-electron chi connectivity index (χ0n) is 19.3. The van der Waals surface area contributed by atoms with Gasteiger partial charge in [0.1, 0.15) is 17.9 Å². The lowest BCUT2D eigenvalue weighted by Crippen LogP contribution is -2.30. The molecular weight excluding hydrogens is 452 g/mol. The van der Waals surface area contributed by atoms with Gasteiger partial charge in [-0.3, -0.25) is 9.59 Å². The Bertz CT molecular complexity index is 1390. The standard InChI is InChI=1S/C25H24N4O4S/c1-15-12-16(2)29(14-21(30)26-18-6-5-7-20(13-18)34-4)25(31)22(15)24-27-23(28-33-24)17-8-10-19(32-3)11-9-17/h5-13H,14H2,1-4H3,(H,26,30). The number of pyridine rings is 1. The summed E-state index contributed by atoms with van der Waals surface area (Å²) in [6, 6.07) is 16.6. The van der Waals surface area contributed by atoms with E-state index >= 15 is 0 Å². The molecule has 1 amide bonds. The predicted molar refractivity (Wildman–Crippen MR) is 132 cm³/mol. The summed E-state index contributed by atoms with van der Waals surface area (Å²) in [5, 5.41) is 6.88. The van der Waals surface area contributed by atoms with Crippen LogP contribution in [0.3, 0.4) is 0 Å². The molecule has 2 aromatic heterocycles. The minimum absolute atomic E-state index is 0.107. The number of nitrogens with one attached hydrogen (secondary N) is 1. The number of thioether (sulfide) groups is 1. The van der Waals surface area contributed by atoms with Gasteiger partial charge in [-0.05, 0) is 74.2 Å². The van der Waals surface area contributed by atoms with E-state index in [0.29, 0.717) is 28.5 Å². The van der Waals surface area contributed by atoms with Gasteiger partial charge < -0.3 is 19.1 Å². The quantitative estimate of drug-likeness (QED) is 0.391. The Morgan fingerprint density at radius 1 is 1.15 bits per heavy atom. The van der Waals surface area contributed by atoms with Crippen molar-refractivity contribution < 1.29 is 14.1 Å². The van der Waals surface area contributed by atoms with Crippen LogP contribution in [-0.2, 0) is 11.3 Å². The van der Waals surface area contributed by atoms with E-state index in [1.165, 1.54) is 4.57 Å². The highest BCUT2D eigenvalue weighted by atomic mass is 32.2. The van der Waals surface area contributed by atoms with Crippen LogP contribution in [0.5, 0.6) is 5.75 Å². The maximum absolute atomic E-state index is 13.4. The minimum Gasteiger partial charge on any atom is -0.497 e. The van der Waals surface area contributed by atoms with E-state index in [1.54, 1.807) is 44.9 Å². The number of hydrogen-bond acceptors (Lipinski definition) is 7. The molecule has 9 heteroatoms. The second-order valence-electron chi connectivity index (χ2n) is 7.67. The molecule has 0 saturated carbocycles. The maximum atomic E-state index is 13.4. The molecule has 4 aromatic rings. The monoisotopic (exact) mass is 476 g/mol. The number of carbonyl (C=O) groups is 1. The molecular formula is C25H24N4O4S. The van der Waals surface area contributed by atoms with Crippen molar-refractivity contribution in [2.45, 2.75) is 25.3 Å². The summed E-state index contributed by atoms with van der Waals surface area (Å²) in [4.78, 5) is 31.5. The van der Waals surface area contributed by atoms with Gasteiger partial charge in [-0.1, -0.05) is 11.2 Å². The lowest BCUT2D eigenvalue weighted by atomic mass is 10.1. The smallest absolute Gasteiger partial charge is 0.264 e. The second-order valence-corrected chi connectivity index (χ2v) is 8.55. The number of carbonyl (C=O) groups excluding carboxylic acids is 1. The van der Waals surface area contributed by atoms with Gasteiger partial charge in [-0.2, -0.15) is 4.98 Å². The van der Waals surface area contributed by atoms with Crippen LogP contribution in [0.25, 0.3) is 22.8 Å². The fourth-order valence-electron chi connectivity index (χ4n) is 3.61. The molecule has 34 heavy (non-hydrogen) atoms. The molecule has 0 aliphatic carbocycles. The average Bonchev–Trinajstić information content (AvgIpc) is 3.31. The van der Waals surface area contributed by atoms with Gasteiger partial charge in [0.2, 0.25) is 11.7 Å². The van der Waals surface area contributed by atoms with E-state index in [9.17, 15) is 9.59 Å². The number of aromatic nitrogens is 3. The van der Waals surface area contributed by atoms with Gasteiger partial charge in [-0.25, -0.2) is 0 Å². The molecule has 0 atom stereocenters. The van der Waals surface area contributed by atoms with Crippen molar-refractivity contribution in [3.8, 4) is 28.6 Å². The van der Waals surface area contributed by atoms with Crippen LogP contribution in [-0.4, -0.2) is 34.0 Å². The number of anilines is 1. The van der Waals surface area contributed by atoms with E-state index in [1.807, 2.05) is 48.7 Å². The first kappa shape index (κ1) is 23.3. The molecule has 0 saturated heterocycles. The Morgan fingerprint density at radius 3 is 2.62 bits per heavy atom. The lowest BCUT2D eigenvalue weighted by Gasteiger charge is -2.13. The summed E-state index contributed by atoms with van der Waals surface area (Å²) in [5.41, 5.74) is 2.67. The second kappa shape index (κ2) is 9.96. The van der Waals surface area contributed by atoms with Crippen molar-refractivity contribution in [2.75, 3.05) is 18.7 Å². The van der Waals surface area contributed by atoms with Crippen molar-refractivity contribution in [1.82, 2.24) is 14.7 Å². The molecule has 1 N–H and O–H groups in total. The normalized spacial score (nSPS) is 10.8. The minimum atomic E-state index is -0.365. The Kier molecular flexibility index (Phi) is 6.83. The molecule has 4 rings (SSSR count). The largest absolute Gasteiger partial charge is 0.497 e. The highest BCUT2D eigenvalue weighted by Crippen LogP contribution is 2.25. The van der Waals surface area contributed by atoms with Crippen LogP contribution in [0.15, 0.2) is 68.8 Å². The SMILES string of the molecule is COc1ccc(-c2noc(-c3c(C)cc(C)n(CC(=O)Nc4cccc(SC)c4)c3=O)n2)cc1. The van der Waals surface area contributed by atoms with Crippen molar-refractivity contribution in [1.29, 1.82) is 0 Å². The maximum Gasteiger partial charge on any atom is 0.264 e. The van der Waals surface area contributed by atoms with Gasteiger partial charge in [0, 0.05) is 21.8 Å². The first-order valence-electron chi connectivity index (χ1n) is 10.5. The number of aryl methyl sites for hydroxylation is 2. The van der Waals surface area contributed by atoms with Crippen LogP contribution in [0.4, 0.5) is 5.69 Å². The molecule has 0 spiro atoms. The molecule has 8 nitrogen and oxygen atoms in total. The van der Waals surface area contributed by atoms with Crippen LogP contribution >= 0.6 is 11.8 Å². The predicted octanol–water partition coefficient (Wildman–Crippen LogP) is 4.55. The molecule has 0 unspecified atom stereocenters. The van der Waals surface area contributed by atoms with E-state index in [2.05, 4.69) is 15.5 Å². The van der Waals surface area contributed by atoms with Gasteiger partial charge >= 0.3 is 0 Å². The van der Waals surface area contributed by atoms with Crippen LogP contribution in [0.2, 0.25) is 0 Å². The van der Waals surface area contributed by atoms with E-state index in [4.69, 9.17) is 9.26 Å².